The molecule has 1 heterocycles. The molecule has 0 radical (unpaired) electrons. The Morgan fingerprint density at radius 2 is 2.00 bits per heavy atom. The van der Waals surface area contributed by atoms with Gasteiger partial charge >= 0.3 is 0 Å². The number of hydrogen-bond acceptors (Lipinski definition) is 3. The molecule has 0 atom stereocenters. The molecule has 1 aromatic heterocycles. The highest BCUT2D eigenvalue weighted by Crippen LogP contribution is 2.30. The lowest BCUT2D eigenvalue weighted by atomic mass is 10.2. The third kappa shape index (κ3) is 3.38. The molecule has 0 aliphatic heterocycles. The van der Waals surface area contributed by atoms with Crippen LogP contribution in [0.1, 0.15) is 42.7 Å². The van der Waals surface area contributed by atoms with Crippen molar-refractivity contribution in [3.05, 3.63) is 40.9 Å². The zero-order chi connectivity index (χ0) is 15.7. The summed E-state index contributed by atoms with van der Waals surface area (Å²) in [5, 5.41) is 2.82. The minimum Gasteiger partial charge on any atom is -0.334 e. The minimum atomic E-state index is 0.0887. The molecule has 1 aromatic carbocycles. The van der Waals surface area contributed by atoms with Gasteiger partial charge in [-0.25, -0.2) is 4.98 Å². The van der Waals surface area contributed by atoms with Crippen LogP contribution in [-0.4, -0.2) is 28.4 Å². The molecule has 0 N–H and O–H groups in total. The monoisotopic (exact) mass is 314 g/mol. The Hall–Kier alpha value is -1.68. The highest BCUT2D eigenvalue weighted by Gasteiger charge is 2.34. The molecule has 116 valence electrons. The molecule has 1 aliphatic rings. The van der Waals surface area contributed by atoms with Crippen molar-refractivity contribution in [2.45, 2.75) is 39.7 Å². The van der Waals surface area contributed by atoms with E-state index in [2.05, 4.69) is 50.0 Å². The molecule has 1 fully saturated rings. The van der Waals surface area contributed by atoms with E-state index >= 15 is 0 Å². The molecule has 0 unspecified atom stereocenters. The van der Waals surface area contributed by atoms with Crippen LogP contribution < -0.4 is 0 Å². The molecule has 22 heavy (non-hydrogen) atoms. The first-order valence-electron chi connectivity index (χ1n) is 7.88. The van der Waals surface area contributed by atoms with Crippen LogP contribution in [0.5, 0.6) is 0 Å². The van der Waals surface area contributed by atoms with E-state index in [0.717, 1.165) is 30.0 Å². The third-order valence-corrected chi connectivity index (χ3v) is 4.72. The van der Waals surface area contributed by atoms with Crippen LogP contribution in [0, 0.1) is 12.8 Å². The Bertz CT molecular complexity index is 656. The molecule has 0 bridgehead atoms. The van der Waals surface area contributed by atoms with Gasteiger partial charge in [-0.2, -0.15) is 0 Å². The SMILES string of the molecule is Cc1ccc(-c2nc(C(=O)N(CC(C)C)C3CC3)cs2)cc1. The van der Waals surface area contributed by atoms with Crippen molar-refractivity contribution in [2.75, 3.05) is 6.54 Å². The van der Waals surface area contributed by atoms with Crippen molar-refractivity contribution in [3.8, 4) is 10.6 Å². The fourth-order valence-corrected chi connectivity index (χ4v) is 3.33. The lowest BCUT2D eigenvalue weighted by Crippen LogP contribution is -2.36. The second-order valence-electron chi connectivity index (χ2n) is 6.49. The molecular weight excluding hydrogens is 292 g/mol. The van der Waals surface area contributed by atoms with Crippen molar-refractivity contribution >= 4 is 17.2 Å². The largest absolute Gasteiger partial charge is 0.334 e. The summed E-state index contributed by atoms with van der Waals surface area (Å²) in [6.07, 6.45) is 2.26. The second kappa shape index (κ2) is 6.21. The van der Waals surface area contributed by atoms with Gasteiger partial charge in [0.05, 0.1) is 0 Å². The van der Waals surface area contributed by atoms with E-state index in [4.69, 9.17) is 0 Å². The molecule has 0 saturated heterocycles. The summed E-state index contributed by atoms with van der Waals surface area (Å²) in [5.74, 6) is 0.575. The summed E-state index contributed by atoms with van der Waals surface area (Å²) < 4.78 is 0. The van der Waals surface area contributed by atoms with E-state index in [9.17, 15) is 4.79 Å². The van der Waals surface area contributed by atoms with Crippen molar-refractivity contribution in [3.63, 3.8) is 0 Å². The zero-order valence-electron chi connectivity index (χ0n) is 13.4. The molecule has 1 amide bonds. The van der Waals surface area contributed by atoms with Crippen LogP contribution in [0.3, 0.4) is 0 Å². The fraction of sp³-hybridized carbons (Fsp3) is 0.444. The number of hydrogen-bond donors (Lipinski definition) is 0. The Morgan fingerprint density at radius 3 is 2.59 bits per heavy atom. The van der Waals surface area contributed by atoms with Gasteiger partial charge in [0.15, 0.2) is 0 Å². The van der Waals surface area contributed by atoms with E-state index in [1.165, 1.54) is 5.56 Å². The Balaban J connectivity index is 1.80. The molecular formula is C18H22N2OS. The van der Waals surface area contributed by atoms with Gasteiger partial charge in [-0.15, -0.1) is 11.3 Å². The maximum atomic E-state index is 12.7. The number of carbonyl (C=O) groups is 1. The van der Waals surface area contributed by atoms with E-state index in [1.807, 2.05) is 10.3 Å². The van der Waals surface area contributed by atoms with Crippen molar-refractivity contribution in [1.29, 1.82) is 0 Å². The number of aryl methyl sites for hydroxylation is 1. The topological polar surface area (TPSA) is 33.2 Å². The van der Waals surface area contributed by atoms with Gasteiger partial charge in [-0.1, -0.05) is 43.7 Å². The quantitative estimate of drug-likeness (QED) is 0.820. The van der Waals surface area contributed by atoms with Crippen LogP contribution in [0.25, 0.3) is 10.6 Å². The lowest BCUT2D eigenvalue weighted by Gasteiger charge is -2.23. The average molecular weight is 314 g/mol. The highest BCUT2D eigenvalue weighted by molar-refractivity contribution is 7.13. The molecule has 4 heteroatoms. The second-order valence-corrected chi connectivity index (χ2v) is 7.34. The van der Waals surface area contributed by atoms with Crippen molar-refractivity contribution in [2.24, 2.45) is 5.92 Å². The first-order chi connectivity index (χ1) is 10.5. The van der Waals surface area contributed by atoms with Crippen molar-refractivity contribution in [1.82, 2.24) is 9.88 Å². The number of benzene rings is 1. The van der Waals surface area contributed by atoms with Gasteiger partial charge in [0, 0.05) is 23.5 Å². The minimum absolute atomic E-state index is 0.0887. The number of carbonyl (C=O) groups excluding carboxylic acids is 1. The Morgan fingerprint density at radius 1 is 1.32 bits per heavy atom. The lowest BCUT2D eigenvalue weighted by molar-refractivity contribution is 0.0717. The van der Waals surface area contributed by atoms with E-state index < -0.39 is 0 Å². The predicted octanol–water partition coefficient (Wildman–Crippen LogP) is 4.38. The fourth-order valence-electron chi connectivity index (χ4n) is 2.53. The van der Waals surface area contributed by atoms with Gasteiger partial charge in [-0.3, -0.25) is 4.79 Å². The summed E-state index contributed by atoms with van der Waals surface area (Å²) in [6.45, 7) is 7.20. The standard InChI is InChI=1S/C18H22N2OS/c1-12(2)10-20(15-8-9-15)18(21)16-11-22-17(19-16)14-6-4-13(3)5-7-14/h4-7,11-12,15H,8-10H2,1-3H3. The van der Waals surface area contributed by atoms with Crippen LogP contribution in [0.4, 0.5) is 0 Å². The van der Waals surface area contributed by atoms with Gasteiger partial charge in [-0.05, 0) is 25.7 Å². The number of aromatic nitrogens is 1. The van der Waals surface area contributed by atoms with Crippen LogP contribution >= 0.6 is 11.3 Å². The van der Waals surface area contributed by atoms with Gasteiger partial charge in [0.2, 0.25) is 0 Å². The van der Waals surface area contributed by atoms with E-state index in [0.29, 0.717) is 17.7 Å². The summed E-state index contributed by atoms with van der Waals surface area (Å²) >= 11 is 1.55. The highest BCUT2D eigenvalue weighted by atomic mass is 32.1. The van der Waals surface area contributed by atoms with Crippen LogP contribution in [-0.2, 0) is 0 Å². The molecule has 3 nitrogen and oxygen atoms in total. The maximum absolute atomic E-state index is 12.7. The van der Waals surface area contributed by atoms with Crippen molar-refractivity contribution < 1.29 is 4.79 Å². The summed E-state index contributed by atoms with van der Waals surface area (Å²) in [4.78, 5) is 19.3. The molecule has 2 aromatic rings. The smallest absolute Gasteiger partial charge is 0.273 e. The zero-order valence-corrected chi connectivity index (χ0v) is 14.2. The molecule has 0 spiro atoms. The number of thiazole rings is 1. The molecule has 1 aliphatic carbocycles. The van der Waals surface area contributed by atoms with Crippen LogP contribution in [0.2, 0.25) is 0 Å². The number of rotatable bonds is 5. The van der Waals surface area contributed by atoms with E-state index in [1.54, 1.807) is 11.3 Å². The molecule has 1 saturated carbocycles. The molecule has 3 rings (SSSR count). The van der Waals surface area contributed by atoms with Gasteiger partial charge in [0.25, 0.3) is 5.91 Å². The first kappa shape index (κ1) is 15.2. The normalized spacial score (nSPS) is 14.4. The van der Waals surface area contributed by atoms with Gasteiger partial charge in [0.1, 0.15) is 10.7 Å². The average Bonchev–Trinajstić information content (AvgIpc) is 3.21. The Kier molecular flexibility index (Phi) is 4.30. The summed E-state index contributed by atoms with van der Waals surface area (Å²) in [5.41, 5.74) is 2.90. The van der Waals surface area contributed by atoms with Crippen LogP contribution in [0.15, 0.2) is 29.6 Å². The summed E-state index contributed by atoms with van der Waals surface area (Å²) in [6, 6.07) is 8.71. The first-order valence-corrected chi connectivity index (χ1v) is 8.76. The summed E-state index contributed by atoms with van der Waals surface area (Å²) in [7, 11) is 0. The number of amides is 1. The number of nitrogens with zero attached hydrogens (tertiary/aromatic N) is 2. The third-order valence-electron chi connectivity index (χ3n) is 3.83. The Labute approximate surface area is 136 Å². The van der Waals surface area contributed by atoms with E-state index in [-0.39, 0.29) is 5.91 Å². The van der Waals surface area contributed by atoms with Gasteiger partial charge < -0.3 is 4.90 Å². The maximum Gasteiger partial charge on any atom is 0.273 e. The predicted molar refractivity (Wildman–Crippen MR) is 91.2 cm³/mol.